The van der Waals surface area contributed by atoms with Crippen molar-refractivity contribution in [1.29, 1.82) is 0 Å². The second-order valence-electron chi connectivity index (χ2n) is 4.30. The van der Waals surface area contributed by atoms with Crippen LogP contribution in [0.25, 0.3) is 0 Å². The van der Waals surface area contributed by atoms with E-state index in [1.165, 1.54) is 6.07 Å². The zero-order valence-corrected chi connectivity index (χ0v) is 12.1. The van der Waals surface area contributed by atoms with Gasteiger partial charge < -0.3 is 10.1 Å². The van der Waals surface area contributed by atoms with E-state index in [1.807, 2.05) is 6.07 Å². The normalized spacial score (nSPS) is 10.4. The highest BCUT2D eigenvalue weighted by Gasteiger charge is 2.15. The van der Waals surface area contributed by atoms with Crippen LogP contribution in [0.2, 0.25) is 5.02 Å². The second-order valence-corrected chi connectivity index (χ2v) is 4.71. The molecule has 110 valence electrons. The van der Waals surface area contributed by atoms with Gasteiger partial charge in [-0.15, -0.1) is 0 Å². The lowest BCUT2D eigenvalue weighted by Crippen LogP contribution is -2.14. The zero-order valence-electron chi connectivity index (χ0n) is 11.4. The van der Waals surface area contributed by atoms with Crippen LogP contribution in [0.3, 0.4) is 0 Å². The minimum atomic E-state index is -0.432. The molecule has 0 aliphatic heterocycles. The van der Waals surface area contributed by atoms with Gasteiger partial charge in [0.2, 0.25) is 5.88 Å². The Hall–Kier alpha value is -2.18. The topological polar surface area (TPSA) is 77.3 Å². The maximum atomic E-state index is 11.0. The lowest BCUT2D eigenvalue weighted by Gasteiger charge is -2.08. The molecule has 0 aliphatic rings. The highest BCUT2D eigenvalue weighted by molar-refractivity contribution is 6.31. The van der Waals surface area contributed by atoms with Gasteiger partial charge in [0, 0.05) is 31.4 Å². The highest BCUT2D eigenvalue weighted by atomic mass is 35.5. The van der Waals surface area contributed by atoms with Gasteiger partial charge in [0.15, 0.2) is 0 Å². The molecule has 0 spiro atoms. The van der Waals surface area contributed by atoms with Crippen LogP contribution in [0.15, 0.2) is 36.5 Å². The summed E-state index contributed by atoms with van der Waals surface area (Å²) in [6.45, 7) is 0.835. The van der Waals surface area contributed by atoms with Gasteiger partial charge in [-0.1, -0.05) is 17.7 Å². The summed E-state index contributed by atoms with van der Waals surface area (Å²) < 4.78 is 5.04. The molecular formula is C14H14ClN3O3. The molecule has 0 saturated carbocycles. The quantitative estimate of drug-likeness (QED) is 0.656. The molecule has 2 rings (SSSR count). The van der Waals surface area contributed by atoms with Crippen LogP contribution in [0.1, 0.15) is 11.1 Å². The van der Waals surface area contributed by atoms with E-state index >= 15 is 0 Å². The molecule has 1 aromatic carbocycles. The SMILES string of the molecule is COc1cc(CNCc2c(Cl)cccc2[N+](=O)[O-])ccn1. The summed E-state index contributed by atoms with van der Waals surface area (Å²) in [7, 11) is 1.55. The van der Waals surface area contributed by atoms with Crippen LogP contribution in [0.5, 0.6) is 5.88 Å². The Bertz CT molecular complexity index is 649. The fourth-order valence-corrected chi connectivity index (χ4v) is 2.13. The number of pyridine rings is 1. The average molecular weight is 308 g/mol. The average Bonchev–Trinajstić information content (AvgIpc) is 2.49. The molecule has 0 bridgehead atoms. The summed E-state index contributed by atoms with van der Waals surface area (Å²) in [5, 5.41) is 14.5. The highest BCUT2D eigenvalue weighted by Crippen LogP contribution is 2.26. The third-order valence-electron chi connectivity index (χ3n) is 2.93. The zero-order chi connectivity index (χ0) is 15.2. The number of nitro groups is 1. The third kappa shape index (κ3) is 3.90. The number of hydrogen-bond donors (Lipinski definition) is 1. The predicted octanol–water partition coefficient (Wildman–Crippen LogP) is 2.94. The van der Waals surface area contributed by atoms with Crippen molar-refractivity contribution in [3.05, 3.63) is 62.8 Å². The fraction of sp³-hybridized carbons (Fsp3) is 0.214. The number of nitro benzene ring substituents is 1. The molecule has 0 aliphatic carbocycles. The second kappa shape index (κ2) is 7.01. The largest absolute Gasteiger partial charge is 0.481 e. The maximum Gasteiger partial charge on any atom is 0.275 e. The summed E-state index contributed by atoms with van der Waals surface area (Å²) in [6.07, 6.45) is 1.65. The van der Waals surface area contributed by atoms with Gasteiger partial charge in [0.25, 0.3) is 5.69 Å². The van der Waals surface area contributed by atoms with Gasteiger partial charge in [-0.3, -0.25) is 10.1 Å². The maximum absolute atomic E-state index is 11.0. The summed E-state index contributed by atoms with van der Waals surface area (Å²) >= 11 is 6.03. The first-order valence-corrected chi connectivity index (χ1v) is 6.61. The van der Waals surface area contributed by atoms with Gasteiger partial charge in [-0.25, -0.2) is 4.98 Å². The lowest BCUT2D eigenvalue weighted by atomic mass is 10.1. The van der Waals surface area contributed by atoms with Crippen LogP contribution < -0.4 is 10.1 Å². The van der Waals surface area contributed by atoms with Gasteiger partial charge in [-0.05, 0) is 17.7 Å². The molecule has 7 heteroatoms. The summed E-state index contributed by atoms with van der Waals surface area (Å²) in [5.74, 6) is 0.526. The van der Waals surface area contributed by atoms with Gasteiger partial charge in [0.05, 0.1) is 22.6 Å². The third-order valence-corrected chi connectivity index (χ3v) is 3.28. The molecule has 0 fully saturated rings. The summed E-state index contributed by atoms with van der Waals surface area (Å²) in [6, 6.07) is 8.29. The Kier molecular flexibility index (Phi) is 5.08. The number of hydrogen-bond acceptors (Lipinski definition) is 5. The number of nitrogens with one attached hydrogen (secondary N) is 1. The molecule has 1 N–H and O–H groups in total. The first-order valence-electron chi connectivity index (χ1n) is 6.23. The first kappa shape index (κ1) is 15.2. The predicted molar refractivity (Wildman–Crippen MR) is 79.4 cm³/mol. The van der Waals surface area contributed by atoms with Crippen molar-refractivity contribution < 1.29 is 9.66 Å². The van der Waals surface area contributed by atoms with Crippen LogP contribution in [-0.4, -0.2) is 17.0 Å². The van der Waals surface area contributed by atoms with E-state index in [4.69, 9.17) is 16.3 Å². The fourth-order valence-electron chi connectivity index (χ4n) is 1.90. The van der Waals surface area contributed by atoms with Crippen molar-refractivity contribution >= 4 is 17.3 Å². The van der Waals surface area contributed by atoms with Crippen molar-refractivity contribution in [2.45, 2.75) is 13.1 Å². The lowest BCUT2D eigenvalue weighted by molar-refractivity contribution is -0.385. The van der Waals surface area contributed by atoms with Crippen LogP contribution >= 0.6 is 11.6 Å². The monoisotopic (exact) mass is 307 g/mol. The molecule has 1 aromatic heterocycles. The first-order chi connectivity index (χ1) is 10.1. The van der Waals surface area contributed by atoms with E-state index in [9.17, 15) is 10.1 Å². The molecule has 21 heavy (non-hydrogen) atoms. The van der Waals surface area contributed by atoms with Crippen molar-refractivity contribution in [1.82, 2.24) is 10.3 Å². The molecule has 0 radical (unpaired) electrons. The Balaban J connectivity index is 2.05. The van der Waals surface area contributed by atoms with Crippen LogP contribution in [-0.2, 0) is 13.1 Å². The van der Waals surface area contributed by atoms with E-state index in [2.05, 4.69) is 10.3 Å². The number of rotatable bonds is 6. The van der Waals surface area contributed by atoms with E-state index in [-0.39, 0.29) is 5.69 Å². The Morgan fingerprint density at radius 1 is 1.38 bits per heavy atom. The van der Waals surface area contributed by atoms with Crippen molar-refractivity contribution in [2.75, 3.05) is 7.11 Å². The minimum absolute atomic E-state index is 0.0160. The van der Waals surface area contributed by atoms with E-state index < -0.39 is 4.92 Å². The molecule has 2 aromatic rings. The standard InChI is InChI=1S/C14H14ClN3O3/c1-21-14-7-10(5-6-17-14)8-16-9-11-12(15)3-2-4-13(11)18(19)20/h2-7,16H,8-9H2,1H3. The van der Waals surface area contributed by atoms with Crippen molar-refractivity contribution in [3.63, 3.8) is 0 Å². The Labute approximate surface area is 126 Å². The molecule has 1 heterocycles. The van der Waals surface area contributed by atoms with Crippen LogP contribution in [0.4, 0.5) is 5.69 Å². The summed E-state index contributed by atoms with van der Waals surface area (Å²) in [5.41, 5.74) is 1.46. The van der Waals surface area contributed by atoms with Gasteiger partial charge in [0.1, 0.15) is 0 Å². The molecule has 0 amide bonds. The van der Waals surface area contributed by atoms with Crippen molar-refractivity contribution in [2.24, 2.45) is 0 Å². The number of ether oxygens (including phenoxy) is 1. The van der Waals surface area contributed by atoms with E-state index in [1.54, 1.807) is 31.5 Å². The molecule has 0 atom stereocenters. The Morgan fingerprint density at radius 2 is 2.19 bits per heavy atom. The number of nitrogens with zero attached hydrogens (tertiary/aromatic N) is 2. The van der Waals surface area contributed by atoms with Gasteiger partial charge >= 0.3 is 0 Å². The number of benzene rings is 1. The summed E-state index contributed by atoms with van der Waals surface area (Å²) in [4.78, 5) is 14.6. The molecular weight excluding hydrogens is 294 g/mol. The number of aromatic nitrogens is 1. The molecule has 6 nitrogen and oxygen atoms in total. The molecule has 0 saturated heterocycles. The van der Waals surface area contributed by atoms with E-state index in [0.717, 1.165) is 5.56 Å². The number of methoxy groups -OCH3 is 1. The van der Waals surface area contributed by atoms with Crippen LogP contribution in [0, 0.1) is 10.1 Å². The smallest absolute Gasteiger partial charge is 0.275 e. The Morgan fingerprint density at radius 3 is 2.90 bits per heavy atom. The van der Waals surface area contributed by atoms with Gasteiger partial charge in [-0.2, -0.15) is 0 Å². The molecule has 0 unspecified atom stereocenters. The number of halogens is 1. The minimum Gasteiger partial charge on any atom is -0.481 e. The van der Waals surface area contributed by atoms with Crippen molar-refractivity contribution in [3.8, 4) is 5.88 Å². The van der Waals surface area contributed by atoms with E-state index in [0.29, 0.717) is 29.6 Å².